The van der Waals surface area contributed by atoms with Gasteiger partial charge in [-0.05, 0) is 50.4 Å². The van der Waals surface area contributed by atoms with Gasteiger partial charge in [-0.1, -0.05) is 13.3 Å². The van der Waals surface area contributed by atoms with E-state index >= 15 is 0 Å². The molecule has 3 rings (SSSR count). The molecule has 2 heteroatoms. The van der Waals surface area contributed by atoms with Gasteiger partial charge in [0.05, 0.1) is 0 Å². The second-order valence-corrected chi connectivity index (χ2v) is 7.84. The van der Waals surface area contributed by atoms with Crippen LogP contribution in [0.25, 0.3) is 0 Å². The van der Waals surface area contributed by atoms with E-state index in [1.165, 1.54) is 31.4 Å². The lowest BCUT2D eigenvalue weighted by Crippen LogP contribution is -2.42. The maximum atomic E-state index is 3.92. The molecule has 1 saturated heterocycles. The first-order chi connectivity index (χ1) is 7.72. The molecule has 2 bridgehead atoms. The molecule has 3 fully saturated rings. The normalized spacial score (nSPS) is 48.8. The van der Waals surface area contributed by atoms with Crippen molar-refractivity contribution in [1.82, 2.24) is 5.32 Å². The molecule has 6 atom stereocenters. The van der Waals surface area contributed by atoms with Crippen LogP contribution in [0.1, 0.15) is 46.0 Å². The second-order valence-electron chi connectivity index (χ2n) is 6.37. The van der Waals surface area contributed by atoms with E-state index in [-0.39, 0.29) is 0 Å². The third-order valence-electron chi connectivity index (χ3n) is 5.13. The Labute approximate surface area is 104 Å². The quantitative estimate of drug-likeness (QED) is 0.811. The fourth-order valence-electron chi connectivity index (χ4n) is 4.34. The molecule has 0 aromatic carbocycles. The predicted molar refractivity (Wildman–Crippen MR) is 71.9 cm³/mol. The Hall–Kier alpha value is 0.310. The van der Waals surface area contributed by atoms with Gasteiger partial charge in [0.2, 0.25) is 0 Å². The van der Waals surface area contributed by atoms with Crippen LogP contribution in [0.15, 0.2) is 0 Å². The first kappa shape index (κ1) is 11.4. The lowest BCUT2D eigenvalue weighted by molar-refractivity contribution is 0.248. The molecule has 1 aliphatic heterocycles. The Balaban J connectivity index is 1.51. The summed E-state index contributed by atoms with van der Waals surface area (Å²) in [4.78, 5) is 0. The average Bonchev–Trinajstić information content (AvgIpc) is 2.93. The van der Waals surface area contributed by atoms with Crippen molar-refractivity contribution < 1.29 is 0 Å². The molecule has 0 radical (unpaired) electrons. The minimum absolute atomic E-state index is 0.770. The molecular formula is C14H25NS. The van der Waals surface area contributed by atoms with Crippen LogP contribution < -0.4 is 5.32 Å². The number of nitrogens with one attached hydrogen (secondary N) is 1. The molecule has 0 aromatic rings. The maximum absolute atomic E-state index is 3.92. The van der Waals surface area contributed by atoms with Crippen molar-refractivity contribution in [3.05, 3.63) is 0 Å². The summed E-state index contributed by atoms with van der Waals surface area (Å²) in [5.74, 6) is 4.50. The highest BCUT2D eigenvalue weighted by atomic mass is 32.2. The van der Waals surface area contributed by atoms with E-state index in [1.54, 1.807) is 6.42 Å². The van der Waals surface area contributed by atoms with E-state index < -0.39 is 0 Å². The Morgan fingerprint density at radius 3 is 2.62 bits per heavy atom. The third-order valence-corrected chi connectivity index (χ3v) is 6.49. The van der Waals surface area contributed by atoms with E-state index in [9.17, 15) is 0 Å². The molecule has 1 N–H and O–H groups in total. The Morgan fingerprint density at radius 2 is 2.06 bits per heavy atom. The van der Waals surface area contributed by atoms with Crippen LogP contribution in [-0.4, -0.2) is 23.1 Å². The van der Waals surface area contributed by atoms with Crippen molar-refractivity contribution in [2.75, 3.05) is 5.75 Å². The maximum Gasteiger partial charge on any atom is 0.0171 e. The van der Waals surface area contributed by atoms with Crippen molar-refractivity contribution >= 4 is 11.8 Å². The fourth-order valence-corrected chi connectivity index (χ4v) is 5.50. The molecule has 1 heterocycles. The van der Waals surface area contributed by atoms with E-state index in [1.807, 2.05) is 0 Å². The first-order valence-corrected chi connectivity index (χ1v) is 8.15. The molecule has 3 aliphatic rings. The highest BCUT2D eigenvalue weighted by molar-refractivity contribution is 8.00. The summed E-state index contributed by atoms with van der Waals surface area (Å²) < 4.78 is 0. The number of hydrogen-bond donors (Lipinski definition) is 1. The summed E-state index contributed by atoms with van der Waals surface area (Å²) in [5.41, 5.74) is 0. The molecule has 1 nitrogen and oxygen atoms in total. The van der Waals surface area contributed by atoms with Crippen molar-refractivity contribution in [2.45, 2.75) is 63.3 Å². The average molecular weight is 239 g/mol. The van der Waals surface area contributed by atoms with Gasteiger partial charge >= 0.3 is 0 Å². The number of thioether (sulfide) groups is 1. The lowest BCUT2D eigenvalue weighted by atomic mass is 9.83. The Kier molecular flexibility index (Phi) is 3.23. The van der Waals surface area contributed by atoms with E-state index in [0.717, 1.165) is 35.1 Å². The van der Waals surface area contributed by atoms with Crippen molar-refractivity contribution in [1.29, 1.82) is 0 Å². The van der Waals surface area contributed by atoms with Gasteiger partial charge < -0.3 is 5.32 Å². The van der Waals surface area contributed by atoms with Gasteiger partial charge in [0.1, 0.15) is 0 Å². The van der Waals surface area contributed by atoms with Gasteiger partial charge in [-0.3, -0.25) is 0 Å². The number of hydrogen-bond acceptors (Lipinski definition) is 2. The van der Waals surface area contributed by atoms with Crippen LogP contribution in [0, 0.1) is 17.8 Å². The predicted octanol–water partition coefficient (Wildman–Crippen LogP) is 3.29. The topological polar surface area (TPSA) is 12.0 Å². The summed E-state index contributed by atoms with van der Waals surface area (Å²) in [5, 5.41) is 4.79. The zero-order chi connectivity index (χ0) is 11.1. The van der Waals surface area contributed by atoms with Gasteiger partial charge in [-0.25, -0.2) is 0 Å². The lowest BCUT2D eigenvalue weighted by Gasteiger charge is -2.30. The Bertz CT molecular complexity index is 255. The molecule has 2 saturated carbocycles. The smallest absolute Gasteiger partial charge is 0.0171 e. The van der Waals surface area contributed by atoms with Crippen LogP contribution in [-0.2, 0) is 0 Å². The van der Waals surface area contributed by atoms with Crippen LogP contribution in [0.4, 0.5) is 0 Å². The van der Waals surface area contributed by atoms with Gasteiger partial charge in [0.25, 0.3) is 0 Å². The standard InChI is InChI=1S/C14H25NS/c1-9-5-13(8-16-9)15-10(2)14-7-11-3-4-12(14)6-11/h9-15H,3-8H2,1-2H3. The molecule has 16 heavy (non-hydrogen) atoms. The summed E-state index contributed by atoms with van der Waals surface area (Å²) in [6.07, 6.45) is 7.51. The number of rotatable bonds is 3. The van der Waals surface area contributed by atoms with Gasteiger partial charge in [-0.15, -0.1) is 0 Å². The van der Waals surface area contributed by atoms with Crippen LogP contribution in [0.5, 0.6) is 0 Å². The zero-order valence-corrected chi connectivity index (χ0v) is 11.4. The minimum Gasteiger partial charge on any atom is -0.310 e. The molecule has 0 aromatic heterocycles. The molecule has 92 valence electrons. The SMILES string of the molecule is CC1CC(NC(C)C2CC3CCC2C3)CS1. The molecule has 0 amide bonds. The van der Waals surface area contributed by atoms with Crippen molar-refractivity contribution in [2.24, 2.45) is 17.8 Å². The van der Waals surface area contributed by atoms with E-state index in [4.69, 9.17) is 0 Å². The highest BCUT2D eigenvalue weighted by Crippen LogP contribution is 2.49. The number of fused-ring (bicyclic) bond motifs is 2. The Morgan fingerprint density at radius 1 is 1.19 bits per heavy atom. The first-order valence-electron chi connectivity index (χ1n) is 7.10. The zero-order valence-electron chi connectivity index (χ0n) is 10.6. The molecular weight excluding hydrogens is 214 g/mol. The second kappa shape index (κ2) is 4.53. The van der Waals surface area contributed by atoms with Gasteiger partial charge in [-0.2, -0.15) is 11.8 Å². The fraction of sp³-hybridized carbons (Fsp3) is 1.00. The van der Waals surface area contributed by atoms with Crippen molar-refractivity contribution in [3.8, 4) is 0 Å². The monoisotopic (exact) mass is 239 g/mol. The summed E-state index contributed by atoms with van der Waals surface area (Å²) in [7, 11) is 0. The van der Waals surface area contributed by atoms with Crippen LogP contribution >= 0.6 is 11.8 Å². The van der Waals surface area contributed by atoms with Crippen LogP contribution in [0.2, 0.25) is 0 Å². The summed E-state index contributed by atoms with van der Waals surface area (Å²) >= 11 is 2.14. The summed E-state index contributed by atoms with van der Waals surface area (Å²) in [6, 6.07) is 1.57. The summed E-state index contributed by atoms with van der Waals surface area (Å²) in [6.45, 7) is 4.81. The molecule has 6 unspecified atom stereocenters. The van der Waals surface area contributed by atoms with E-state index in [0.29, 0.717) is 0 Å². The minimum atomic E-state index is 0.770. The van der Waals surface area contributed by atoms with Crippen LogP contribution in [0.3, 0.4) is 0 Å². The van der Waals surface area contributed by atoms with Crippen molar-refractivity contribution in [3.63, 3.8) is 0 Å². The third kappa shape index (κ3) is 2.15. The largest absolute Gasteiger partial charge is 0.310 e. The van der Waals surface area contributed by atoms with Gasteiger partial charge in [0, 0.05) is 23.1 Å². The highest BCUT2D eigenvalue weighted by Gasteiger charge is 2.42. The van der Waals surface area contributed by atoms with Gasteiger partial charge in [0.15, 0.2) is 0 Å². The van der Waals surface area contributed by atoms with E-state index in [2.05, 4.69) is 30.9 Å². The molecule has 2 aliphatic carbocycles. The molecule has 0 spiro atoms.